The SMILES string of the molecule is CCC1CCC(NS(=O)(=O)CCCC(=O)OC)CC1. The van der Waals surface area contributed by atoms with E-state index >= 15 is 0 Å². The molecule has 5 nitrogen and oxygen atoms in total. The number of methoxy groups -OCH3 is 1. The molecule has 0 heterocycles. The van der Waals surface area contributed by atoms with E-state index in [1.165, 1.54) is 13.5 Å². The molecule has 112 valence electrons. The molecule has 0 amide bonds. The molecule has 0 bridgehead atoms. The Bertz CT molecular complexity index is 372. The first-order valence-corrected chi connectivity index (χ1v) is 8.69. The molecule has 1 fully saturated rings. The highest BCUT2D eigenvalue weighted by Gasteiger charge is 2.23. The first-order valence-electron chi connectivity index (χ1n) is 7.03. The van der Waals surface area contributed by atoms with Crippen LogP contribution in [-0.2, 0) is 19.6 Å². The summed E-state index contributed by atoms with van der Waals surface area (Å²) in [6, 6.07) is 0.0749. The van der Waals surface area contributed by atoms with E-state index in [4.69, 9.17) is 0 Å². The second-order valence-corrected chi connectivity index (χ2v) is 7.12. The van der Waals surface area contributed by atoms with Crippen LogP contribution in [0.15, 0.2) is 0 Å². The summed E-state index contributed by atoms with van der Waals surface area (Å²) in [5.41, 5.74) is 0. The highest BCUT2D eigenvalue weighted by Crippen LogP contribution is 2.26. The lowest BCUT2D eigenvalue weighted by atomic mass is 9.85. The van der Waals surface area contributed by atoms with E-state index in [-0.39, 0.29) is 24.2 Å². The monoisotopic (exact) mass is 291 g/mol. The molecular weight excluding hydrogens is 266 g/mol. The fourth-order valence-corrected chi connectivity index (χ4v) is 3.90. The highest BCUT2D eigenvalue weighted by molar-refractivity contribution is 7.89. The van der Waals surface area contributed by atoms with Gasteiger partial charge in [-0.1, -0.05) is 13.3 Å². The molecule has 0 aromatic carbocycles. The molecule has 1 N–H and O–H groups in total. The van der Waals surface area contributed by atoms with Crippen LogP contribution in [0.25, 0.3) is 0 Å². The largest absolute Gasteiger partial charge is 0.469 e. The van der Waals surface area contributed by atoms with Gasteiger partial charge < -0.3 is 4.74 Å². The Labute approximate surface area is 116 Å². The van der Waals surface area contributed by atoms with Crippen LogP contribution in [0.5, 0.6) is 0 Å². The minimum Gasteiger partial charge on any atom is -0.469 e. The molecule has 0 aromatic rings. The van der Waals surface area contributed by atoms with E-state index in [0.717, 1.165) is 31.6 Å². The third kappa shape index (κ3) is 6.38. The molecule has 0 saturated heterocycles. The van der Waals surface area contributed by atoms with Crippen LogP contribution in [0.4, 0.5) is 0 Å². The fourth-order valence-electron chi connectivity index (χ4n) is 2.51. The van der Waals surface area contributed by atoms with Crippen molar-refractivity contribution in [1.82, 2.24) is 4.72 Å². The van der Waals surface area contributed by atoms with E-state index in [1.807, 2.05) is 0 Å². The molecule has 1 aliphatic rings. The molecule has 6 heteroatoms. The van der Waals surface area contributed by atoms with Crippen LogP contribution in [0.3, 0.4) is 0 Å². The summed E-state index contributed by atoms with van der Waals surface area (Å²) in [4.78, 5) is 10.9. The summed E-state index contributed by atoms with van der Waals surface area (Å²) in [6.07, 6.45) is 5.70. The molecular formula is C13H25NO4S. The highest BCUT2D eigenvalue weighted by atomic mass is 32.2. The minimum absolute atomic E-state index is 0.00416. The summed E-state index contributed by atoms with van der Waals surface area (Å²) in [5.74, 6) is 0.384. The molecule has 0 aromatic heterocycles. The molecule has 0 unspecified atom stereocenters. The van der Waals surface area contributed by atoms with Gasteiger partial charge in [-0.05, 0) is 38.0 Å². The zero-order valence-corrected chi connectivity index (χ0v) is 12.7. The van der Waals surface area contributed by atoms with Gasteiger partial charge in [0.2, 0.25) is 10.0 Å². The lowest BCUT2D eigenvalue weighted by Crippen LogP contribution is -2.38. The minimum atomic E-state index is -3.27. The number of nitrogens with one attached hydrogen (secondary N) is 1. The van der Waals surface area contributed by atoms with Crippen molar-refractivity contribution in [2.45, 2.75) is 57.9 Å². The average Bonchev–Trinajstić information content (AvgIpc) is 2.38. The zero-order valence-electron chi connectivity index (χ0n) is 11.9. The molecule has 0 atom stereocenters. The summed E-state index contributed by atoms with van der Waals surface area (Å²) in [5, 5.41) is 0. The van der Waals surface area contributed by atoms with Crippen molar-refractivity contribution >= 4 is 16.0 Å². The number of sulfonamides is 1. The Morgan fingerprint density at radius 2 is 1.89 bits per heavy atom. The van der Waals surface area contributed by atoms with Gasteiger partial charge in [0.1, 0.15) is 0 Å². The fraction of sp³-hybridized carbons (Fsp3) is 0.923. The summed E-state index contributed by atoms with van der Waals surface area (Å²) >= 11 is 0. The molecule has 1 rings (SSSR count). The second kappa shape index (κ2) is 7.85. The van der Waals surface area contributed by atoms with Gasteiger partial charge >= 0.3 is 5.97 Å². The van der Waals surface area contributed by atoms with Crippen molar-refractivity contribution in [2.24, 2.45) is 5.92 Å². The first-order chi connectivity index (χ1) is 8.96. The maximum Gasteiger partial charge on any atom is 0.305 e. The Balaban J connectivity index is 2.29. The Kier molecular flexibility index (Phi) is 6.79. The van der Waals surface area contributed by atoms with Crippen LogP contribution >= 0.6 is 0 Å². The number of ether oxygens (including phenoxy) is 1. The molecule has 0 spiro atoms. The van der Waals surface area contributed by atoms with E-state index in [2.05, 4.69) is 16.4 Å². The molecule has 19 heavy (non-hydrogen) atoms. The quantitative estimate of drug-likeness (QED) is 0.726. The van der Waals surface area contributed by atoms with Crippen molar-refractivity contribution in [3.63, 3.8) is 0 Å². The number of carbonyl (C=O) groups is 1. The first kappa shape index (κ1) is 16.4. The van der Waals surface area contributed by atoms with Crippen LogP contribution in [-0.4, -0.2) is 33.3 Å². The molecule has 1 aliphatic carbocycles. The number of esters is 1. The standard InChI is InChI=1S/C13H25NO4S/c1-3-11-6-8-12(9-7-11)14-19(16,17)10-4-5-13(15)18-2/h11-12,14H,3-10H2,1-2H3. The van der Waals surface area contributed by atoms with Crippen LogP contribution < -0.4 is 4.72 Å². The summed E-state index contributed by atoms with van der Waals surface area (Å²) in [7, 11) is -1.96. The van der Waals surface area contributed by atoms with Gasteiger partial charge in [-0.3, -0.25) is 4.79 Å². The Hall–Kier alpha value is -0.620. The smallest absolute Gasteiger partial charge is 0.305 e. The van der Waals surface area contributed by atoms with Crippen molar-refractivity contribution in [3.05, 3.63) is 0 Å². The normalized spacial score (nSPS) is 24.1. The van der Waals surface area contributed by atoms with Gasteiger partial charge in [0.15, 0.2) is 0 Å². The maximum atomic E-state index is 11.9. The topological polar surface area (TPSA) is 72.5 Å². The van der Waals surface area contributed by atoms with Crippen molar-refractivity contribution in [1.29, 1.82) is 0 Å². The van der Waals surface area contributed by atoms with Gasteiger partial charge in [0.05, 0.1) is 12.9 Å². The molecule has 0 radical (unpaired) electrons. The van der Waals surface area contributed by atoms with Crippen molar-refractivity contribution in [2.75, 3.05) is 12.9 Å². The summed E-state index contributed by atoms with van der Waals surface area (Å²) < 4.78 is 30.9. The van der Waals surface area contributed by atoms with Gasteiger partial charge in [-0.25, -0.2) is 13.1 Å². The predicted octanol–water partition coefficient (Wildman–Crippen LogP) is 1.83. The molecule has 0 aliphatic heterocycles. The predicted molar refractivity (Wildman–Crippen MR) is 74.2 cm³/mol. The van der Waals surface area contributed by atoms with Gasteiger partial charge in [0, 0.05) is 12.5 Å². The van der Waals surface area contributed by atoms with E-state index in [0.29, 0.717) is 6.42 Å². The van der Waals surface area contributed by atoms with Crippen LogP contribution in [0.1, 0.15) is 51.9 Å². The van der Waals surface area contributed by atoms with Gasteiger partial charge in [0.25, 0.3) is 0 Å². The number of hydrogen-bond acceptors (Lipinski definition) is 4. The third-order valence-corrected chi connectivity index (χ3v) is 5.31. The van der Waals surface area contributed by atoms with Gasteiger partial charge in [-0.2, -0.15) is 0 Å². The van der Waals surface area contributed by atoms with Crippen LogP contribution in [0, 0.1) is 5.92 Å². The van der Waals surface area contributed by atoms with Crippen molar-refractivity contribution in [3.8, 4) is 0 Å². The maximum absolute atomic E-state index is 11.9. The number of rotatable bonds is 7. The van der Waals surface area contributed by atoms with Gasteiger partial charge in [-0.15, -0.1) is 0 Å². The lowest BCUT2D eigenvalue weighted by molar-refractivity contribution is -0.140. The van der Waals surface area contributed by atoms with Crippen LogP contribution in [0.2, 0.25) is 0 Å². The lowest BCUT2D eigenvalue weighted by Gasteiger charge is -2.28. The van der Waals surface area contributed by atoms with E-state index < -0.39 is 10.0 Å². The van der Waals surface area contributed by atoms with Crippen molar-refractivity contribution < 1.29 is 17.9 Å². The second-order valence-electron chi connectivity index (χ2n) is 5.24. The number of carbonyl (C=O) groups excluding carboxylic acids is 1. The Morgan fingerprint density at radius 1 is 1.26 bits per heavy atom. The Morgan fingerprint density at radius 3 is 2.42 bits per heavy atom. The van der Waals surface area contributed by atoms with E-state index in [1.54, 1.807) is 0 Å². The zero-order chi connectivity index (χ0) is 14.3. The molecule has 1 saturated carbocycles. The van der Waals surface area contributed by atoms with E-state index in [9.17, 15) is 13.2 Å². The number of hydrogen-bond donors (Lipinski definition) is 1. The average molecular weight is 291 g/mol. The third-order valence-electron chi connectivity index (χ3n) is 3.79. The summed E-state index contributed by atoms with van der Waals surface area (Å²) in [6.45, 7) is 2.18.